The third-order valence-electron chi connectivity index (χ3n) is 9.93. The first-order valence-corrected chi connectivity index (χ1v) is 17.3. The number of benzene rings is 4. The Bertz CT molecular complexity index is 1750. The summed E-state index contributed by atoms with van der Waals surface area (Å²) in [5, 5.41) is 47.3. The Morgan fingerprint density at radius 2 is 0.604 bits per heavy atom. The van der Waals surface area contributed by atoms with Gasteiger partial charge >= 0.3 is 0 Å². The van der Waals surface area contributed by atoms with Crippen molar-refractivity contribution < 1.29 is 20.4 Å². The second kappa shape index (κ2) is 11.9. The first kappa shape index (κ1) is 35.4. The van der Waals surface area contributed by atoms with Crippen molar-refractivity contribution in [2.45, 2.75) is 130 Å². The molecule has 0 atom stereocenters. The summed E-state index contributed by atoms with van der Waals surface area (Å²) in [6, 6.07) is 16.6. The van der Waals surface area contributed by atoms with Crippen molar-refractivity contribution in [3.63, 3.8) is 0 Å². The summed E-state index contributed by atoms with van der Waals surface area (Å²) in [5.41, 5.74) is 9.55. The Hall–Kier alpha value is -3.92. The Labute approximate surface area is 288 Å². The van der Waals surface area contributed by atoms with Crippen molar-refractivity contribution in [3.05, 3.63) is 115 Å². The normalized spacial score (nSPS) is 14.2. The average molecular weight is 649 g/mol. The van der Waals surface area contributed by atoms with Crippen LogP contribution in [0.15, 0.2) is 48.5 Å². The molecule has 4 N–H and O–H groups in total. The number of rotatable bonds is 0. The van der Waals surface area contributed by atoms with Gasteiger partial charge in [-0.2, -0.15) is 0 Å². The Morgan fingerprint density at radius 3 is 0.875 bits per heavy atom. The minimum atomic E-state index is -0.332. The summed E-state index contributed by atoms with van der Waals surface area (Å²) in [6.07, 6.45) is 1.66. The molecule has 0 spiro atoms. The molecule has 0 unspecified atom stereocenters. The largest absolute Gasteiger partial charge is 0.507 e. The van der Waals surface area contributed by atoms with Gasteiger partial charge in [-0.3, -0.25) is 0 Å². The van der Waals surface area contributed by atoms with Crippen LogP contribution in [0.3, 0.4) is 0 Å². The maximum absolute atomic E-state index is 11.9. The molecule has 0 saturated carbocycles. The fourth-order valence-electron chi connectivity index (χ4n) is 6.91. The maximum Gasteiger partial charge on any atom is 0.122 e. The van der Waals surface area contributed by atoms with Gasteiger partial charge in [0.1, 0.15) is 23.0 Å². The van der Waals surface area contributed by atoms with Crippen LogP contribution >= 0.6 is 0 Å². The van der Waals surface area contributed by atoms with Crippen LogP contribution in [0.4, 0.5) is 0 Å². The fourth-order valence-corrected chi connectivity index (χ4v) is 6.91. The summed E-state index contributed by atoms with van der Waals surface area (Å²) in [5.74, 6) is 0.953. The number of phenolic OH excluding ortho intramolecular Hbond substituents is 4. The highest BCUT2D eigenvalue weighted by molar-refractivity contribution is 5.58. The van der Waals surface area contributed by atoms with Gasteiger partial charge in [-0.05, 0) is 88.4 Å². The van der Waals surface area contributed by atoms with Gasteiger partial charge in [0.2, 0.25) is 0 Å². The molecule has 0 aromatic heterocycles. The molecule has 0 saturated heterocycles. The number of hydrogen-bond acceptors (Lipinski definition) is 4. The third-order valence-corrected chi connectivity index (χ3v) is 9.93. The summed E-state index contributed by atoms with van der Waals surface area (Å²) >= 11 is 0. The summed E-state index contributed by atoms with van der Waals surface area (Å²) < 4.78 is 0. The third kappa shape index (κ3) is 7.09. The van der Waals surface area contributed by atoms with Crippen molar-refractivity contribution in [3.8, 4) is 23.0 Å². The van der Waals surface area contributed by atoms with Crippen molar-refractivity contribution in [2.24, 2.45) is 0 Å². The lowest BCUT2D eigenvalue weighted by Gasteiger charge is -2.27. The molecule has 0 aliphatic heterocycles. The van der Waals surface area contributed by atoms with E-state index in [1.165, 1.54) is 0 Å². The summed E-state index contributed by atoms with van der Waals surface area (Å²) in [6.45, 7) is 25.6. The van der Waals surface area contributed by atoms with Crippen LogP contribution in [0.25, 0.3) is 0 Å². The molecule has 256 valence electrons. The molecule has 4 nitrogen and oxygen atoms in total. The molecule has 0 fully saturated rings. The fraction of sp³-hybridized carbons (Fsp3) is 0.455. The highest BCUT2D eigenvalue weighted by atomic mass is 16.3. The molecule has 5 rings (SSSR count). The Balaban J connectivity index is 1.88. The molecular formula is C44H56O4. The van der Waals surface area contributed by atoms with E-state index < -0.39 is 0 Å². The highest BCUT2D eigenvalue weighted by Crippen LogP contribution is 2.43. The van der Waals surface area contributed by atoms with Crippen molar-refractivity contribution >= 4 is 0 Å². The van der Waals surface area contributed by atoms with Crippen molar-refractivity contribution in [2.75, 3.05) is 0 Å². The van der Waals surface area contributed by atoms with E-state index in [4.69, 9.17) is 0 Å². The van der Waals surface area contributed by atoms with E-state index in [2.05, 4.69) is 119 Å². The quantitative estimate of drug-likeness (QED) is 0.135. The van der Waals surface area contributed by atoms with E-state index in [0.717, 1.165) is 66.8 Å². The second-order valence-corrected chi connectivity index (χ2v) is 18.3. The van der Waals surface area contributed by atoms with E-state index in [1.807, 2.05) is 12.1 Å². The van der Waals surface area contributed by atoms with E-state index in [-0.39, 0.29) is 44.7 Å². The van der Waals surface area contributed by atoms with Gasteiger partial charge in [-0.1, -0.05) is 132 Å². The van der Waals surface area contributed by atoms with Crippen LogP contribution in [0.5, 0.6) is 23.0 Å². The number of hydrogen-bond donors (Lipinski definition) is 4. The van der Waals surface area contributed by atoms with Gasteiger partial charge in [0.25, 0.3) is 0 Å². The molecule has 0 radical (unpaired) electrons. The zero-order chi connectivity index (χ0) is 35.7. The topological polar surface area (TPSA) is 80.9 Å². The van der Waals surface area contributed by atoms with E-state index in [1.54, 1.807) is 0 Å². The molecule has 4 heteroatoms. The van der Waals surface area contributed by atoms with E-state index >= 15 is 0 Å². The lowest BCUT2D eigenvalue weighted by atomic mass is 9.79. The van der Waals surface area contributed by atoms with Crippen LogP contribution in [0.1, 0.15) is 150 Å². The Morgan fingerprint density at radius 1 is 0.333 bits per heavy atom. The van der Waals surface area contributed by atoms with Gasteiger partial charge in [0.15, 0.2) is 0 Å². The molecule has 8 bridgehead atoms. The molecule has 1 aliphatic rings. The summed E-state index contributed by atoms with van der Waals surface area (Å²) in [7, 11) is 0. The first-order chi connectivity index (χ1) is 21.9. The van der Waals surface area contributed by atoms with Gasteiger partial charge in [-0.25, -0.2) is 0 Å². The smallest absolute Gasteiger partial charge is 0.122 e. The zero-order valence-electron chi connectivity index (χ0n) is 31.2. The maximum atomic E-state index is 11.9. The molecule has 4 aromatic rings. The van der Waals surface area contributed by atoms with Gasteiger partial charge in [0, 0.05) is 25.7 Å². The van der Waals surface area contributed by atoms with Crippen LogP contribution in [-0.2, 0) is 47.3 Å². The number of aromatic hydroxyl groups is 4. The summed E-state index contributed by atoms with van der Waals surface area (Å²) in [4.78, 5) is 0. The van der Waals surface area contributed by atoms with Crippen LogP contribution in [0, 0.1) is 0 Å². The number of fused-ring (bicyclic) bond motifs is 8. The monoisotopic (exact) mass is 648 g/mol. The van der Waals surface area contributed by atoms with Crippen LogP contribution in [0.2, 0.25) is 0 Å². The SMILES string of the molecule is CC(C)(C)c1cc2c(O)c(c1)Cc1cc(C(C)(C)C)cc(c1O)Cc1cc(c(O)c(C(C)(C)C)c1)Cc1cc(cc(C(C)(C)C)c1O)C2. The zero-order valence-corrected chi connectivity index (χ0v) is 31.2. The Kier molecular flexibility index (Phi) is 8.77. The minimum absolute atomic E-state index is 0.166. The van der Waals surface area contributed by atoms with E-state index in [0.29, 0.717) is 25.7 Å². The van der Waals surface area contributed by atoms with Crippen molar-refractivity contribution in [1.29, 1.82) is 0 Å². The van der Waals surface area contributed by atoms with Crippen molar-refractivity contribution in [1.82, 2.24) is 0 Å². The first-order valence-electron chi connectivity index (χ1n) is 17.3. The minimum Gasteiger partial charge on any atom is -0.507 e. The number of phenols is 4. The van der Waals surface area contributed by atoms with Crippen LogP contribution < -0.4 is 0 Å². The average Bonchev–Trinajstić information content (AvgIpc) is 2.93. The van der Waals surface area contributed by atoms with Gasteiger partial charge < -0.3 is 20.4 Å². The molecular weight excluding hydrogens is 592 g/mol. The molecule has 1 aliphatic carbocycles. The van der Waals surface area contributed by atoms with Crippen LogP contribution in [-0.4, -0.2) is 20.4 Å². The lowest BCUT2D eigenvalue weighted by Crippen LogP contribution is -2.15. The molecule has 48 heavy (non-hydrogen) atoms. The lowest BCUT2D eigenvalue weighted by molar-refractivity contribution is 0.435. The highest BCUT2D eigenvalue weighted by Gasteiger charge is 2.28. The second-order valence-electron chi connectivity index (χ2n) is 18.3. The predicted octanol–water partition coefficient (Wildman–Crippen LogP) is 10.4. The molecule has 0 amide bonds. The predicted molar refractivity (Wildman–Crippen MR) is 198 cm³/mol. The molecule has 0 heterocycles. The standard InChI is InChI=1S/C44H56O4/c1-41(2,3)33-21-29-15-25-13-27(39(47)35(17-25)43(7,8)9)19-28-14-26(18-36(40(28)48)44(10,11)12)16-30-22-34(42(4,5)6)24-32(38(30)46)20-31(23-33)37(29)45/h13-14,17-18,21-24,45-48H,15-16,19-20H2,1-12H3. The van der Waals surface area contributed by atoms with Gasteiger partial charge in [0.05, 0.1) is 0 Å². The van der Waals surface area contributed by atoms with Gasteiger partial charge in [-0.15, -0.1) is 0 Å². The molecule has 4 aromatic carbocycles. The van der Waals surface area contributed by atoms with E-state index in [9.17, 15) is 20.4 Å².